The minimum atomic E-state index is -0.514. The number of carbonyl (C=O) groups is 1. The Labute approximate surface area is 200 Å². The number of nitro benzene ring substituents is 1. The van der Waals surface area contributed by atoms with Crippen molar-refractivity contribution in [2.75, 3.05) is 4.90 Å². The van der Waals surface area contributed by atoms with Crippen molar-refractivity contribution in [1.29, 1.82) is 0 Å². The third-order valence-corrected chi connectivity index (χ3v) is 5.94. The molecule has 0 saturated carbocycles. The second kappa shape index (κ2) is 9.22. The first-order valence-electron chi connectivity index (χ1n) is 10.9. The molecule has 0 aliphatic rings. The Morgan fingerprint density at radius 1 is 1.09 bits per heavy atom. The fourth-order valence-corrected chi connectivity index (χ4v) is 4.16. The number of aromatic nitrogens is 3. The smallest absolute Gasteiger partial charge is 0.269 e. The van der Waals surface area contributed by atoms with Gasteiger partial charge in [-0.1, -0.05) is 24.3 Å². The van der Waals surface area contributed by atoms with E-state index in [0.29, 0.717) is 23.7 Å². The Morgan fingerprint density at radius 3 is 2.54 bits per heavy atom. The van der Waals surface area contributed by atoms with E-state index >= 15 is 0 Å². The van der Waals surface area contributed by atoms with Gasteiger partial charge in [0.1, 0.15) is 17.4 Å². The van der Waals surface area contributed by atoms with Crippen molar-refractivity contribution in [3.05, 3.63) is 107 Å². The molecule has 1 unspecified atom stereocenters. The third kappa shape index (κ3) is 4.26. The fourth-order valence-electron chi connectivity index (χ4n) is 4.16. The average Bonchev–Trinajstić information content (AvgIpc) is 3.48. The summed E-state index contributed by atoms with van der Waals surface area (Å²) in [5, 5.41) is 11.9. The second-order valence-corrected chi connectivity index (χ2v) is 8.04. The molecular formula is C26H21N5O4. The predicted molar refractivity (Wildman–Crippen MR) is 131 cm³/mol. The van der Waals surface area contributed by atoms with Crippen molar-refractivity contribution in [1.82, 2.24) is 14.5 Å². The van der Waals surface area contributed by atoms with Gasteiger partial charge in [-0.15, -0.1) is 0 Å². The first-order valence-corrected chi connectivity index (χ1v) is 10.9. The van der Waals surface area contributed by atoms with E-state index < -0.39 is 11.0 Å². The molecule has 9 nitrogen and oxygen atoms in total. The van der Waals surface area contributed by atoms with E-state index in [4.69, 9.17) is 4.42 Å². The van der Waals surface area contributed by atoms with Gasteiger partial charge in [-0.05, 0) is 30.3 Å². The van der Waals surface area contributed by atoms with Crippen LogP contribution in [-0.2, 0) is 18.3 Å². The van der Waals surface area contributed by atoms with Crippen LogP contribution in [0.5, 0.6) is 0 Å². The molecule has 0 bridgehead atoms. The van der Waals surface area contributed by atoms with Crippen LogP contribution in [0.2, 0.25) is 0 Å². The van der Waals surface area contributed by atoms with E-state index in [1.54, 1.807) is 24.5 Å². The molecule has 2 aromatic carbocycles. The number of amides is 1. The van der Waals surface area contributed by atoms with Crippen molar-refractivity contribution in [3.63, 3.8) is 0 Å². The number of furan rings is 1. The number of para-hydroxylation sites is 1. The number of nitro groups is 1. The molecule has 0 spiro atoms. The van der Waals surface area contributed by atoms with Gasteiger partial charge in [0.2, 0.25) is 12.3 Å². The van der Waals surface area contributed by atoms with Gasteiger partial charge in [-0.2, -0.15) is 0 Å². The zero-order chi connectivity index (χ0) is 24.4. The molecule has 0 aliphatic carbocycles. The summed E-state index contributed by atoms with van der Waals surface area (Å²) < 4.78 is 7.88. The first-order chi connectivity index (χ1) is 17.0. The van der Waals surface area contributed by atoms with Gasteiger partial charge in [-0.3, -0.25) is 24.8 Å². The highest BCUT2D eigenvalue weighted by molar-refractivity contribution is 5.85. The number of pyridine rings is 1. The lowest BCUT2D eigenvalue weighted by Crippen LogP contribution is -2.31. The Bertz CT molecular complexity index is 1460. The van der Waals surface area contributed by atoms with Gasteiger partial charge in [-0.25, -0.2) is 4.98 Å². The van der Waals surface area contributed by atoms with Crippen molar-refractivity contribution in [3.8, 4) is 11.3 Å². The molecule has 5 rings (SSSR count). The van der Waals surface area contributed by atoms with E-state index in [2.05, 4.69) is 9.97 Å². The fraction of sp³-hybridized carbons (Fsp3) is 0.115. The van der Waals surface area contributed by atoms with Crippen LogP contribution < -0.4 is 4.90 Å². The number of imidazole rings is 1. The van der Waals surface area contributed by atoms with E-state index in [1.165, 1.54) is 17.0 Å². The molecule has 0 radical (unpaired) electrons. The van der Waals surface area contributed by atoms with Gasteiger partial charge in [0.05, 0.1) is 16.8 Å². The topological polar surface area (TPSA) is 107 Å². The highest BCUT2D eigenvalue weighted by Gasteiger charge is 2.29. The van der Waals surface area contributed by atoms with Gasteiger partial charge in [0.15, 0.2) is 0 Å². The molecular weight excluding hydrogens is 446 g/mol. The molecule has 35 heavy (non-hydrogen) atoms. The summed E-state index contributed by atoms with van der Waals surface area (Å²) in [6, 6.07) is 20.8. The van der Waals surface area contributed by atoms with Gasteiger partial charge >= 0.3 is 0 Å². The quantitative estimate of drug-likeness (QED) is 0.179. The van der Waals surface area contributed by atoms with Gasteiger partial charge < -0.3 is 8.98 Å². The maximum atomic E-state index is 12.4. The van der Waals surface area contributed by atoms with Crippen LogP contribution in [-0.4, -0.2) is 25.9 Å². The van der Waals surface area contributed by atoms with Crippen LogP contribution in [0.1, 0.15) is 17.6 Å². The van der Waals surface area contributed by atoms with E-state index in [1.807, 2.05) is 60.1 Å². The van der Waals surface area contributed by atoms with E-state index in [0.717, 1.165) is 28.7 Å². The highest BCUT2D eigenvalue weighted by atomic mass is 16.6. The molecule has 9 heteroatoms. The van der Waals surface area contributed by atoms with Crippen molar-refractivity contribution >= 4 is 29.0 Å². The van der Waals surface area contributed by atoms with Crippen LogP contribution in [0, 0.1) is 10.1 Å². The summed E-state index contributed by atoms with van der Waals surface area (Å²) in [6.07, 6.45) is 4.55. The number of hydrogen-bond acceptors (Lipinski definition) is 6. The van der Waals surface area contributed by atoms with Crippen LogP contribution in [0.25, 0.3) is 22.2 Å². The lowest BCUT2D eigenvalue weighted by Gasteiger charge is -2.26. The minimum absolute atomic E-state index is 0.0150. The minimum Gasteiger partial charge on any atom is -0.440 e. The normalized spacial score (nSPS) is 11.9. The first kappa shape index (κ1) is 22.0. The molecule has 5 aromatic rings. The van der Waals surface area contributed by atoms with Crippen LogP contribution in [0.3, 0.4) is 0 Å². The van der Waals surface area contributed by atoms with E-state index in [-0.39, 0.29) is 5.69 Å². The van der Waals surface area contributed by atoms with Crippen LogP contribution >= 0.6 is 0 Å². The van der Waals surface area contributed by atoms with Crippen LogP contribution in [0.4, 0.5) is 11.6 Å². The van der Waals surface area contributed by atoms with E-state index in [9.17, 15) is 14.9 Å². The van der Waals surface area contributed by atoms with Gasteiger partial charge in [0.25, 0.3) is 5.69 Å². The van der Waals surface area contributed by atoms with Crippen molar-refractivity contribution in [2.24, 2.45) is 7.05 Å². The Morgan fingerprint density at radius 2 is 1.86 bits per heavy atom. The predicted octanol–water partition coefficient (Wildman–Crippen LogP) is 5.08. The molecule has 174 valence electrons. The molecule has 3 aromatic heterocycles. The maximum Gasteiger partial charge on any atom is 0.269 e. The summed E-state index contributed by atoms with van der Waals surface area (Å²) in [5.41, 5.74) is 3.02. The summed E-state index contributed by atoms with van der Waals surface area (Å²) >= 11 is 0. The monoisotopic (exact) mass is 467 g/mol. The number of rotatable bonds is 8. The molecule has 0 fully saturated rings. The largest absolute Gasteiger partial charge is 0.440 e. The Hall–Kier alpha value is -4.79. The number of anilines is 1. The molecule has 1 amide bonds. The highest BCUT2D eigenvalue weighted by Crippen LogP contribution is 2.34. The summed E-state index contributed by atoms with van der Waals surface area (Å²) in [5.74, 6) is 1.03. The second-order valence-electron chi connectivity index (χ2n) is 8.04. The summed E-state index contributed by atoms with van der Waals surface area (Å²) in [4.78, 5) is 33.6. The SMILES string of the molecule is Cn1c(-c2ccc([N+](=O)[O-])cc2)cnc1C(Cc1ccccn1)N(C=O)c1cc2ccccc2o1. The van der Waals surface area contributed by atoms with Crippen molar-refractivity contribution < 1.29 is 14.1 Å². The van der Waals surface area contributed by atoms with Gasteiger partial charge in [0, 0.05) is 54.5 Å². The number of carbonyl (C=O) groups excluding carboxylic acids is 1. The molecule has 0 aliphatic heterocycles. The van der Waals surface area contributed by atoms with Crippen LogP contribution in [0.15, 0.2) is 89.6 Å². The lowest BCUT2D eigenvalue weighted by molar-refractivity contribution is -0.384. The number of non-ortho nitro benzene ring substituents is 1. The maximum absolute atomic E-state index is 12.4. The summed E-state index contributed by atoms with van der Waals surface area (Å²) in [7, 11) is 1.85. The van der Waals surface area contributed by atoms with Crippen molar-refractivity contribution in [2.45, 2.75) is 12.5 Å². The number of nitrogens with zero attached hydrogens (tertiary/aromatic N) is 5. The number of fused-ring (bicyclic) bond motifs is 1. The standard InChI is InChI=1S/C26H21N5O4/c1-29-23(18-9-11-21(12-10-18)31(33)34)16-28-26(29)22(15-20-7-4-5-13-27-20)30(17-32)25-14-19-6-2-3-8-24(19)35-25/h2-14,16-17,22H,15H2,1H3. The zero-order valence-corrected chi connectivity index (χ0v) is 18.8. The molecule has 1 atom stereocenters. The average molecular weight is 467 g/mol. The zero-order valence-electron chi connectivity index (χ0n) is 18.8. The number of benzene rings is 2. The molecule has 0 N–H and O–H groups in total. The molecule has 0 saturated heterocycles. The Balaban J connectivity index is 1.58. The summed E-state index contributed by atoms with van der Waals surface area (Å²) in [6.45, 7) is 0. The lowest BCUT2D eigenvalue weighted by atomic mass is 10.1. The Kier molecular flexibility index (Phi) is 5.80. The number of hydrogen-bond donors (Lipinski definition) is 0. The molecule has 3 heterocycles. The third-order valence-electron chi connectivity index (χ3n) is 5.94.